The van der Waals surface area contributed by atoms with Crippen LogP contribution in [-0.4, -0.2) is 16.2 Å². The number of rotatable bonds is 2. The number of aromatic nitrogens is 2. The van der Waals surface area contributed by atoms with Gasteiger partial charge >= 0.3 is 0 Å². The standard InChI is InChI=1S/C9H9N2OS/c1-12-7-5-3-4-6-8(7)11-9(10-6)13-2/h3-5H,1H2,2H3,(H,10,11). The Labute approximate surface area is 80.5 Å². The number of benzene rings is 1. The lowest BCUT2D eigenvalue weighted by molar-refractivity contribution is 0.477. The summed E-state index contributed by atoms with van der Waals surface area (Å²) in [5.41, 5.74) is 1.81. The van der Waals surface area contributed by atoms with E-state index < -0.39 is 0 Å². The predicted octanol–water partition coefficient (Wildman–Crippen LogP) is 2.46. The van der Waals surface area contributed by atoms with Crippen molar-refractivity contribution >= 4 is 22.8 Å². The molecule has 2 aromatic rings. The van der Waals surface area contributed by atoms with Crippen molar-refractivity contribution in [2.75, 3.05) is 6.26 Å². The fourth-order valence-corrected chi connectivity index (χ4v) is 1.59. The smallest absolute Gasteiger partial charge is 0.166 e. The predicted molar refractivity (Wildman–Crippen MR) is 53.9 cm³/mol. The first-order valence-corrected chi connectivity index (χ1v) is 5.02. The van der Waals surface area contributed by atoms with Crippen LogP contribution in [0.2, 0.25) is 0 Å². The number of fused-ring (bicyclic) bond motifs is 1. The van der Waals surface area contributed by atoms with E-state index >= 15 is 0 Å². The fraction of sp³-hybridized carbons (Fsp3) is 0.111. The number of hydrogen-bond acceptors (Lipinski definition) is 3. The topological polar surface area (TPSA) is 37.9 Å². The van der Waals surface area contributed by atoms with Crippen molar-refractivity contribution in [3.8, 4) is 5.75 Å². The van der Waals surface area contributed by atoms with E-state index in [-0.39, 0.29) is 0 Å². The Morgan fingerprint density at radius 1 is 1.54 bits per heavy atom. The summed E-state index contributed by atoms with van der Waals surface area (Å²) in [5.74, 6) is 0.703. The summed E-state index contributed by atoms with van der Waals surface area (Å²) in [4.78, 5) is 7.51. The Kier molecular flexibility index (Phi) is 2.14. The van der Waals surface area contributed by atoms with Crippen LogP contribution in [0.3, 0.4) is 0 Å². The zero-order valence-electron chi connectivity index (χ0n) is 7.20. The lowest BCUT2D eigenvalue weighted by atomic mass is 10.3. The molecule has 13 heavy (non-hydrogen) atoms. The highest BCUT2D eigenvalue weighted by atomic mass is 32.2. The Bertz CT molecular complexity index is 424. The molecule has 0 aliphatic rings. The lowest BCUT2D eigenvalue weighted by Crippen LogP contribution is -1.80. The molecule has 0 saturated carbocycles. The number of aromatic amines is 1. The zero-order chi connectivity index (χ0) is 9.26. The van der Waals surface area contributed by atoms with Crippen molar-refractivity contribution in [1.29, 1.82) is 0 Å². The molecule has 0 spiro atoms. The first-order chi connectivity index (χ1) is 6.35. The largest absolute Gasteiger partial charge is 0.488 e. The normalized spacial score (nSPS) is 10.6. The average Bonchev–Trinajstić information content (AvgIpc) is 2.59. The molecule has 0 atom stereocenters. The van der Waals surface area contributed by atoms with Crippen LogP contribution in [-0.2, 0) is 0 Å². The van der Waals surface area contributed by atoms with E-state index in [4.69, 9.17) is 4.74 Å². The van der Waals surface area contributed by atoms with Gasteiger partial charge in [0.25, 0.3) is 0 Å². The van der Waals surface area contributed by atoms with Gasteiger partial charge in [-0.25, -0.2) is 4.98 Å². The first kappa shape index (κ1) is 8.44. The average molecular weight is 193 g/mol. The summed E-state index contributed by atoms with van der Waals surface area (Å²) in [6.45, 7) is 0. The van der Waals surface area contributed by atoms with Crippen molar-refractivity contribution in [3.05, 3.63) is 25.3 Å². The summed E-state index contributed by atoms with van der Waals surface area (Å²) in [6.07, 6.45) is 1.97. The molecule has 4 heteroatoms. The molecule has 0 aliphatic carbocycles. The van der Waals surface area contributed by atoms with E-state index in [0.717, 1.165) is 16.2 Å². The third-order valence-corrected chi connectivity index (χ3v) is 2.38. The number of nitrogens with one attached hydrogen (secondary N) is 1. The summed E-state index contributed by atoms with van der Waals surface area (Å²) in [7, 11) is 3.38. The van der Waals surface area contributed by atoms with Gasteiger partial charge in [-0.2, -0.15) is 0 Å². The van der Waals surface area contributed by atoms with Crippen molar-refractivity contribution in [1.82, 2.24) is 9.97 Å². The number of thioether (sulfide) groups is 1. The Morgan fingerprint density at radius 3 is 3.08 bits per heavy atom. The molecule has 1 aromatic heterocycles. The van der Waals surface area contributed by atoms with Gasteiger partial charge in [0.1, 0.15) is 18.4 Å². The third-order valence-electron chi connectivity index (χ3n) is 1.80. The number of hydrogen-bond donors (Lipinski definition) is 1. The minimum Gasteiger partial charge on any atom is -0.488 e. The fourth-order valence-electron chi connectivity index (χ4n) is 1.20. The van der Waals surface area contributed by atoms with Crippen LogP contribution in [0.25, 0.3) is 11.0 Å². The SMILES string of the molecule is [CH2]Oc1cccc2[nH]c(SC)nc12. The zero-order valence-corrected chi connectivity index (χ0v) is 8.02. The van der Waals surface area contributed by atoms with Crippen LogP contribution in [0.1, 0.15) is 0 Å². The van der Waals surface area contributed by atoms with Crippen molar-refractivity contribution in [2.45, 2.75) is 5.16 Å². The number of ether oxygens (including phenoxy) is 1. The summed E-state index contributed by atoms with van der Waals surface area (Å²) in [5, 5.41) is 0.888. The lowest BCUT2D eigenvalue weighted by Gasteiger charge is -1.97. The third kappa shape index (κ3) is 1.37. The van der Waals surface area contributed by atoms with Crippen LogP contribution in [0.5, 0.6) is 5.75 Å². The van der Waals surface area contributed by atoms with Gasteiger partial charge in [0.15, 0.2) is 5.16 Å². The van der Waals surface area contributed by atoms with E-state index in [2.05, 4.69) is 17.1 Å². The number of nitrogens with zero attached hydrogens (tertiary/aromatic N) is 1. The molecule has 3 nitrogen and oxygen atoms in total. The molecule has 1 heterocycles. The summed E-state index contributed by atoms with van der Waals surface area (Å²) < 4.78 is 4.94. The van der Waals surface area contributed by atoms with Gasteiger partial charge in [-0.1, -0.05) is 17.8 Å². The van der Waals surface area contributed by atoms with Gasteiger partial charge < -0.3 is 9.72 Å². The van der Waals surface area contributed by atoms with E-state index in [1.165, 1.54) is 0 Å². The van der Waals surface area contributed by atoms with Crippen LogP contribution < -0.4 is 4.74 Å². The minimum atomic E-state index is 0.703. The highest BCUT2D eigenvalue weighted by Crippen LogP contribution is 2.25. The molecule has 0 amide bonds. The van der Waals surface area contributed by atoms with Gasteiger partial charge in [0.05, 0.1) is 5.52 Å². The second kappa shape index (κ2) is 3.30. The monoisotopic (exact) mass is 193 g/mol. The van der Waals surface area contributed by atoms with Gasteiger partial charge in [-0.05, 0) is 18.4 Å². The Hall–Kier alpha value is -1.16. The maximum Gasteiger partial charge on any atom is 0.166 e. The first-order valence-electron chi connectivity index (χ1n) is 3.80. The molecule has 2 rings (SSSR count). The number of para-hydroxylation sites is 1. The Balaban J connectivity index is 2.67. The van der Waals surface area contributed by atoms with E-state index in [9.17, 15) is 0 Å². The molecule has 1 N–H and O–H groups in total. The van der Waals surface area contributed by atoms with Crippen LogP contribution >= 0.6 is 11.8 Å². The van der Waals surface area contributed by atoms with Crippen molar-refractivity contribution in [2.24, 2.45) is 0 Å². The highest BCUT2D eigenvalue weighted by molar-refractivity contribution is 7.98. The van der Waals surface area contributed by atoms with Gasteiger partial charge in [-0.15, -0.1) is 0 Å². The van der Waals surface area contributed by atoms with E-state index in [0.29, 0.717) is 5.75 Å². The molecule has 0 fully saturated rings. The van der Waals surface area contributed by atoms with E-state index in [1.807, 2.05) is 24.5 Å². The quantitative estimate of drug-likeness (QED) is 0.744. The highest BCUT2D eigenvalue weighted by Gasteiger charge is 2.05. The van der Waals surface area contributed by atoms with Gasteiger partial charge in [0.2, 0.25) is 0 Å². The van der Waals surface area contributed by atoms with Gasteiger partial charge in [-0.3, -0.25) is 0 Å². The van der Waals surface area contributed by atoms with Crippen molar-refractivity contribution < 1.29 is 4.74 Å². The second-order valence-corrected chi connectivity index (χ2v) is 3.34. The van der Waals surface area contributed by atoms with Crippen LogP contribution in [0.15, 0.2) is 23.4 Å². The molecule has 0 unspecified atom stereocenters. The molecule has 1 radical (unpaired) electrons. The number of imidazole rings is 1. The molecular formula is C9H9N2OS. The maximum absolute atomic E-state index is 4.94. The molecule has 0 saturated heterocycles. The second-order valence-electron chi connectivity index (χ2n) is 2.54. The molecule has 67 valence electrons. The number of H-pyrrole nitrogens is 1. The van der Waals surface area contributed by atoms with Crippen LogP contribution in [0, 0.1) is 7.11 Å². The molecule has 0 aliphatic heterocycles. The summed E-state index contributed by atoms with van der Waals surface area (Å²) >= 11 is 1.57. The molecule has 1 aromatic carbocycles. The van der Waals surface area contributed by atoms with E-state index in [1.54, 1.807) is 11.8 Å². The molecule has 0 bridgehead atoms. The summed E-state index contributed by atoms with van der Waals surface area (Å²) in [6, 6.07) is 5.72. The molecular weight excluding hydrogens is 184 g/mol. The van der Waals surface area contributed by atoms with Crippen LogP contribution in [0.4, 0.5) is 0 Å². The van der Waals surface area contributed by atoms with Crippen molar-refractivity contribution in [3.63, 3.8) is 0 Å². The Morgan fingerprint density at radius 2 is 2.38 bits per heavy atom. The maximum atomic E-state index is 4.94. The minimum absolute atomic E-state index is 0.703. The van der Waals surface area contributed by atoms with Gasteiger partial charge in [0, 0.05) is 0 Å².